The molecule has 2 aliphatic rings. The van der Waals surface area contributed by atoms with E-state index in [2.05, 4.69) is 70.4 Å². The molecule has 0 fully saturated rings. The van der Waals surface area contributed by atoms with Gasteiger partial charge >= 0.3 is 0 Å². The fourth-order valence-corrected chi connectivity index (χ4v) is 3.75. The van der Waals surface area contributed by atoms with Crippen molar-refractivity contribution in [1.82, 2.24) is 5.32 Å². The molecule has 2 bridgehead atoms. The SMILES string of the molecule is CNC1C=CC2C=C(C1=NC=O)c1ccc(Br)cc1C2(C)C. The minimum atomic E-state index is -0.0492. The smallest absolute Gasteiger partial charge is 0.233 e. The molecule has 2 unspecified atom stereocenters. The number of carbonyl (C=O) groups excluding carboxylic acids is 1. The molecule has 1 aromatic carbocycles. The number of hydrogen-bond acceptors (Lipinski definition) is 2. The first-order valence-electron chi connectivity index (χ1n) is 7.38. The molecule has 22 heavy (non-hydrogen) atoms. The van der Waals surface area contributed by atoms with E-state index < -0.39 is 0 Å². The molecule has 1 N–H and O–H groups in total. The third-order valence-electron chi connectivity index (χ3n) is 4.73. The number of allylic oxidation sites excluding steroid dienone is 2. The quantitative estimate of drug-likeness (QED) is 0.649. The van der Waals surface area contributed by atoms with Crippen LogP contribution in [0.5, 0.6) is 0 Å². The highest BCUT2D eigenvalue weighted by Crippen LogP contribution is 2.46. The molecule has 0 radical (unpaired) electrons. The molecular formula is C18H19BrN2O. The first-order chi connectivity index (χ1) is 10.5. The summed E-state index contributed by atoms with van der Waals surface area (Å²) in [6.45, 7) is 4.52. The molecule has 0 heterocycles. The van der Waals surface area contributed by atoms with E-state index in [0.29, 0.717) is 6.41 Å². The molecule has 0 saturated heterocycles. The normalized spacial score (nSPS) is 27.1. The lowest BCUT2D eigenvalue weighted by Crippen LogP contribution is -2.34. The Bertz CT molecular complexity index is 716. The number of halogens is 1. The molecule has 1 aromatic rings. The van der Waals surface area contributed by atoms with E-state index in [1.165, 1.54) is 5.56 Å². The zero-order chi connectivity index (χ0) is 15.9. The Kier molecular flexibility index (Phi) is 3.91. The number of fused-ring (bicyclic) bond motifs is 3. The second-order valence-electron chi connectivity index (χ2n) is 6.29. The summed E-state index contributed by atoms with van der Waals surface area (Å²) in [6.07, 6.45) is 7.21. The maximum absolute atomic E-state index is 11.0. The fraction of sp³-hybridized carbons (Fsp3) is 0.333. The second kappa shape index (κ2) is 5.60. The van der Waals surface area contributed by atoms with E-state index in [1.807, 2.05) is 13.1 Å². The number of likely N-dealkylation sites (N-methyl/N-ethyl adjacent to an activating group) is 1. The number of amides is 1. The van der Waals surface area contributed by atoms with Gasteiger partial charge in [-0.15, -0.1) is 0 Å². The minimum Gasteiger partial charge on any atom is -0.309 e. The standard InChI is InChI=1S/C18H19BrN2O/c1-18(2)11-4-7-16(20-3)17(21-10-22)14(8-11)13-6-5-12(19)9-15(13)18/h4-11,16,20H,1-3H3. The summed E-state index contributed by atoms with van der Waals surface area (Å²) in [4.78, 5) is 15.2. The molecule has 3 nitrogen and oxygen atoms in total. The van der Waals surface area contributed by atoms with Crippen molar-refractivity contribution < 1.29 is 4.79 Å². The van der Waals surface area contributed by atoms with Crippen LogP contribution in [-0.4, -0.2) is 25.2 Å². The number of hydrogen-bond donors (Lipinski definition) is 1. The van der Waals surface area contributed by atoms with Crippen LogP contribution in [-0.2, 0) is 10.2 Å². The Balaban J connectivity index is 2.29. The molecular weight excluding hydrogens is 340 g/mol. The average molecular weight is 359 g/mol. The Hall–Kier alpha value is -1.52. The Morgan fingerprint density at radius 3 is 2.77 bits per heavy atom. The Labute approximate surface area is 139 Å². The van der Waals surface area contributed by atoms with Gasteiger partial charge in [0.15, 0.2) is 0 Å². The lowest BCUT2D eigenvalue weighted by molar-refractivity contribution is -0.106. The fourth-order valence-electron chi connectivity index (χ4n) is 3.39. The third-order valence-corrected chi connectivity index (χ3v) is 5.22. The van der Waals surface area contributed by atoms with Crippen LogP contribution in [0.3, 0.4) is 0 Å². The van der Waals surface area contributed by atoms with Crippen LogP contribution in [0.25, 0.3) is 5.57 Å². The van der Waals surface area contributed by atoms with Gasteiger partial charge in [0.25, 0.3) is 0 Å². The van der Waals surface area contributed by atoms with E-state index in [4.69, 9.17) is 0 Å². The maximum atomic E-state index is 11.0. The van der Waals surface area contributed by atoms with Gasteiger partial charge in [-0.05, 0) is 30.3 Å². The van der Waals surface area contributed by atoms with Gasteiger partial charge in [0, 0.05) is 21.4 Å². The van der Waals surface area contributed by atoms with Crippen LogP contribution < -0.4 is 5.32 Å². The first-order valence-corrected chi connectivity index (χ1v) is 8.18. The summed E-state index contributed by atoms with van der Waals surface area (Å²) < 4.78 is 1.07. The van der Waals surface area contributed by atoms with Crippen LogP contribution in [0, 0.1) is 5.92 Å². The van der Waals surface area contributed by atoms with Crippen LogP contribution in [0.4, 0.5) is 0 Å². The molecule has 1 amide bonds. The van der Waals surface area contributed by atoms with E-state index in [1.54, 1.807) is 0 Å². The van der Waals surface area contributed by atoms with Crippen molar-refractivity contribution in [2.24, 2.45) is 10.9 Å². The Morgan fingerprint density at radius 2 is 2.09 bits per heavy atom. The lowest BCUT2D eigenvalue weighted by Gasteiger charge is -2.37. The van der Waals surface area contributed by atoms with Gasteiger partial charge < -0.3 is 5.32 Å². The highest BCUT2D eigenvalue weighted by atomic mass is 79.9. The lowest BCUT2D eigenvalue weighted by atomic mass is 9.66. The molecule has 3 rings (SSSR count). The van der Waals surface area contributed by atoms with Gasteiger partial charge in [-0.1, -0.05) is 54.1 Å². The van der Waals surface area contributed by atoms with Crippen molar-refractivity contribution in [3.05, 3.63) is 52.0 Å². The summed E-state index contributed by atoms with van der Waals surface area (Å²) in [5.41, 5.74) is 4.28. The largest absolute Gasteiger partial charge is 0.309 e. The highest BCUT2D eigenvalue weighted by molar-refractivity contribution is 9.10. The molecule has 4 heteroatoms. The van der Waals surface area contributed by atoms with Gasteiger partial charge in [0.1, 0.15) is 0 Å². The zero-order valence-electron chi connectivity index (χ0n) is 12.9. The summed E-state index contributed by atoms with van der Waals surface area (Å²) in [5.74, 6) is 0.277. The van der Waals surface area contributed by atoms with Gasteiger partial charge in [0.2, 0.25) is 6.41 Å². The van der Waals surface area contributed by atoms with Crippen molar-refractivity contribution in [1.29, 1.82) is 0 Å². The van der Waals surface area contributed by atoms with Crippen molar-refractivity contribution in [3.63, 3.8) is 0 Å². The summed E-state index contributed by atoms with van der Waals surface area (Å²) in [6, 6.07) is 6.29. The molecule has 114 valence electrons. The topological polar surface area (TPSA) is 41.5 Å². The van der Waals surface area contributed by atoms with Gasteiger partial charge in [0.05, 0.1) is 11.8 Å². The molecule has 2 atom stereocenters. The van der Waals surface area contributed by atoms with E-state index in [0.717, 1.165) is 21.3 Å². The summed E-state index contributed by atoms with van der Waals surface area (Å²) in [7, 11) is 1.89. The maximum Gasteiger partial charge on any atom is 0.233 e. The molecule has 0 saturated carbocycles. The average Bonchev–Trinajstić information content (AvgIpc) is 2.65. The Morgan fingerprint density at radius 1 is 1.32 bits per heavy atom. The van der Waals surface area contributed by atoms with Crippen LogP contribution in [0.1, 0.15) is 25.0 Å². The second-order valence-corrected chi connectivity index (χ2v) is 7.20. The highest BCUT2D eigenvalue weighted by Gasteiger charge is 2.38. The van der Waals surface area contributed by atoms with Crippen LogP contribution in [0.2, 0.25) is 0 Å². The van der Waals surface area contributed by atoms with Crippen molar-refractivity contribution in [2.75, 3.05) is 7.05 Å². The molecule has 0 spiro atoms. The van der Waals surface area contributed by atoms with Crippen molar-refractivity contribution in [3.8, 4) is 0 Å². The van der Waals surface area contributed by atoms with Crippen LogP contribution >= 0.6 is 15.9 Å². The number of rotatable bonds is 2. The predicted molar refractivity (Wildman–Crippen MR) is 94.1 cm³/mol. The number of aliphatic imine (C=N–C) groups is 1. The number of nitrogens with one attached hydrogen (secondary N) is 1. The number of benzene rings is 1. The molecule has 2 aliphatic carbocycles. The zero-order valence-corrected chi connectivity index (χ0v) is 14.5. The van der Waals surface area contributed by atoms with Gasteiger partial charge in [-0.2, -0.15) is 0 Å². The number of carbonyl (C=O) groups is 1. The predicted octanol–water partition coefficient (Wildman–Crippen LogP) is 3.50. The van der Waals surface area contributed by atoms with E-state index >= 15 is 0 Å². The van der Waals surface area contributed by atoms with Crippen molar-refractivity contribution in [2.45, 2.75) is 25.3 Å². The molecule has 0 aliphatic heterocycles. The first kappa shape index (κ1) is 15.4. The monoisotopic (exact) mass is 358 g/mol. The van der Waals surface area contributed by atoms with Gasteiger partial charge in [-0.3, -0.25) is 4.79 Å². The van der Waals surface area contributed by atoms with E-state index in [-0.39, 0.29) is 17.4 Å². The number of nitrogens with zero attached hydrogens (tertiary/aromatic N) is 1. The van der Waals surface area contributed by atoms with Crippen LogP contribution in [0.15, 0.2) is 45.9 Å². The van der Waals surface area contributed by atoms with Crippen molar-refractivity contribution >= 4 is 33.6 Å². The van der Waals surface area contributed by atoms with Gasteiger partial charge in [-0.25, -0.2) is 4.99 Å². The summed E-state index contributed by atoms with van der Waals surface area (Å²) >= 11 is 3.58. The minimum absolute atomic E-state index is 0.00592. The summed E-state index contributed by atoms with van der Waals surface area (Å²) in [5, 5.41) is 3.23. The van der Waals surface area contributed by atoms with E-state index in [9.17, 15) is 4.79 Å². The third kappa shape index (κ3) is 2.31. The molecule has 0 aromatic heterocycles.